The molecule has 1 aliphatic rings. The monoisotopic (exact) mass is 342 g/mol. The second-order valence-electron chi connectivity index (χ2n) is 5.32. The van der Waals surface area contributed by atoms with Crippen molar-refractivity contribution in [2.45, 2.75) is 0 Å². The Balaban J connectivity index is 1.67. The number of hydrogen-bond donors (Lipinski definition) is 0. The lowest BCUT2D eigenvalue weighted by Gasteiger charge is -2.26. The number of morpholine rings is 1. The van der Waals surface area contributed by atoms with Gasteiger partial charge in [-0.2, -0.15) is 20.1 Å². The third-order valence-electron chi connectivity index (χ3n) is 3.74. The summed E-state index contributed by atoms with van der Waals surface area (Å²) in [6.45, 7) is 2.76. The van der Waals surface area contributed by atoms with Gasteiger partial charge in [0.15, 0.2) is 0 Å². The van der Waals surface area contributed by atoms with Crippen LogP contribution in [-0.4, -0.2) is 51.0 Å². The number of hydrogen-bond acceptors (Lipinski definition) is 6. The normalized spacial score (nSPS) is 14.8. The number of rotatable bonds is 3. The Morgan fingerprint density at radius 3 is 2.46 bits per heavy atom. The molecule has 122 valence electrons. The first-order chi connectivity index (χ1) is 11.8. The number of ether oxygens (including phenoxy) is 1. The first kappa shape index (κ1) is 15.0. The van der Waals surface area contributed by atoms with Crippen LogP contribution in [0.5, 0.6) is 0 Å². The van der Waals surface area contributed by atoms with Gasteiger partial charge in [-0.25, -0.2) is 4.68 Å². The minimum Gasteiger partial charge on any atom is -0.378 e. The van der Waals surface area contributed by atoms with E-state index in [4.69, 9.17) is 16.3 Å². The summed E-state index contributed by atoms with van der Waals surface area (Å²) < 4.78 is 6.97. The fourth-order valence-corrected chi connectivity index (χ4v) is 2.69. The van der Waals surface area contributed by atoms with Crippen LogP contribution < -0.4 is 4.90 Å². The zero-order chi connectivity index (χ0) is 16.4. The van der Waals surface area contributed by atoms with Crippen molar-refractivity contribution in [1.82, 2.24) is 24.7 Å². The van der Waals surface area contributed by atoms with Crippen LogP contribution in [0.15, 0.2) is 42.6 Å². The minimum absolute atomic E-state index is 0.151. The molecule has 0 saturated carbocycles. The fourth-order valence-electron chi connectivity index (χ4n) is 2.53. The highest BCUT2D eigenvalue weighted by Crippen LogP contribution is 2.19. The fraction of sp³-hybridized carbons (Fsp3) is 0.250. The molecule has 0 aliphatic carbocycles. The minimum atomic E-state index is 0.151. The Bertz CT molecular complexity index is 832. The van der Waals surface area contributed by atoms with E-state index in [-0.39, 0.29) is 5.28 Å². The molecule has 0 amide bonds. The van der Waals surface area contributed by atoms with Gasteiger partial charge >= 0.3 is 0 Å². The average molecular weight is 343 g/mol. The summed E-state index contributed by atoms with van der Waals surface area (Å²) in [6, 6.07) is 11.9. The van der Waals surface area contributed by atoms with Crippen LogP contribution in [0.1, 0.15) is 0 Å². The second-order valence-corrected chi connectivity index (χ2v) is 5.65. The number of benzene rings is 1. The molecule has 1 fully saturated rings. The standard InChI is InChI=1S/C16H15ClN6O/c17-14-18-15(22-8-10-24-11-9-22)20-16(19-14)23-7-6-13(21-23)12-4-2-1-3-5-12/h1-7H,8-11H2. The number of anilines is 1. The molecule has 0 bridgehead atoms. The van der Waals surface area contributed by atoms with Crippen LogP contribution in [-0.2, 0) is 4.74 Å². The SMILES string of the molecule is Clc1nc(N2CCOCC2)nc(-n2ccc(-c3ccccc3)n2)n1. The average Bonchev–Trinajstić information content (AvgIpc) is 3.13. The van der Waals surface area contributed by atoms with Gasteiger partial charge in [-0.1, -0.05) is 30.3 Å². The third-order valence-corrected chi connectivity index (χ3v) is 3.91. The lowest BCUT2D eigenvalue weighted by atomic mass is 10.2. The van der Waals surface area contributed by atoms with Gasteiger partial charge in [0.1, 0.15) is 0 Å². The lowest BCUT2D eigenvalue weighted by molar-refractivity contribution is 0.122. The predicted molar refractivity (Wildman–Crippen MR) is 90.4 cm³/mol. The van der Waals surface area contributed by atoms with Crippen molar-refractivity contribution in [2.24, 2.45) is 0 Å². The van der Waals surface area contributed by atoms with Crippen LogP contribution in [0.3, 0.4) is 0 Å². The van der Waals surface area contributed by atoms with E-state index in [0.717, 1.165) is 24.3 Å². The summed E-state index contributed by atoms with van der Waals surface area (Å²) in [4.78, 5) is 14.9. The molecule has 0 N–H and O–H groups in total. The predicted octanol–water partition coefficient (Wildman–Crippen LogP) is 2.21. The van der Waals surface area contributed by atoms with Gasteiger partial charge in [0.05, 0.1) is 18.9 Å². The summed E-state index contributed by atoms with van der Waals surface area (Å²) in [5, 5.41) is 4.69. The molecule has 2 aromatic heterocycles. The Morgan fingerprint density at radius 1 is 0.917 bits per heavy atom. The smallest absolute Gasteiger partial charge is 0.256 e. The largest absolute Gasteiger partial charge is 0.378 e. The summed E-state index contributed by atoms with van der Waals surface area (Å²) in [7, 11) is 0. The topological polar surface area (TPSA) is 69.0 Å². The van der Waals surface area contributed by atoms with Gasteiger partial charge in [0.25, 0.3) is 5.95 Å². The molecule has 1 aromatic carbocycles. The Morgan fingerprint density at radius 2 is 1.67 bits per heavy atom. The summed E-state index contributed by atoms with van der Waals surface area (Å²) >= 11 is 6.08. The molecule has 1 aliphatic heterocycles. The Hall–Kier alpha value is -2.51. The molecular formula is C16H15ClN6O. The molecule has 0 unspecified atom stereocenters. The van der Waals surface area contributed by atoms with E-state index in [1.807, 2.05) is 47.5 Å². The van der Waals surface area contributed by atoms with Crippen LogP contribution in [0.4, 0.5) is 5.95 Å². The molecule has 0 spiro atoms. The Labute approximate surface area is 143 Å². The molecule has 24 heavy (non-hydrogen) atoms. The maximum absolute atomic E-state index is 6.08. The van der Waals surface area contributed by atoms with E-state index in [1.165, 1.54) is 0 Å². The quantitative estimate of drug-likeness (QED) is 0.727. The van der Waals surface area contributed by atoms with E-state index in [1.54, 1.807) is 4.68 Å². The first-order valence-corrected chi connectivity index (χ1v) is 8.03. The summed E-state index contributed by atoms with van der Waals surface area (Å²) in [6.07, 6.45) is 1.82. The van der Waals surface area contributed by atoms with Crippen LogP contribution in [0.25, 0.3) is 17.2 Å². The Kier molecular flexibility index (Phi) is 4.10. The van der Waals surface area contributed by atoms with Crippen LogP contribution in [0, 0.1) is 0 Å². The number of nitrogens with zero attached hydrogens (tertiary/aromatic N) is 6. The van der Waals surface area contributed by atoms with Gasteiger partial charge < -0.3 is 9.64 Å². The van der Waals surface area contributed by atoms with Crippen LogP contribution >= 0.6 is 11.6 Å². The molecule has 3 aromatic rings. The summed E-state index contributed by atoms with van der Waals surface area (Å²) in [5.74, 6) is 0.948. The third kappa shape index (κ3) is 3.08. The van der Waals surface area contributed by atoms with Crippen molar-refractivity contribution >= 4 is 17.5 Å². The van der Waals surface area contributed by atoms with Crippen molar-refractivity contribution < 1.29 is 4.74 Å². The number of halogens is 1. The van der Waals surface area contributed by atoms with Gasteiger partial charge in [0, 0.05) is 24.8 Å². The lowest BCUT2D eigenvalue weighted by Crippen LogP contribution is -2.37. The molecule has 4 rings (SSSR count). The highest BCUT2D eigenvalue weighted by molar-refractivity contribution is 6.28. The maximum Gasteiger partial charge on any atom is 0.256 e. The van der Waals surface area contributed by atoms with Crippen molar-refractivity contribution in [3.63, 3.8) is 0 Å². The maximum atomic E-state index is 6.08. The highest BCUT2D eigenvalue weighted by atomic mass is 35.5. The van der Waals surface area contributed by atoms with E-state index in [9.17, 15) is 0 Å². The van der Waals surface area contributed by atoms with Gasteiger partial charge in [-0.05, 0) is 17.7 Å². The van der Waals surface area contributed by atoms with E-state index < -0.39 is 0 Å². The van der Waals surface area contributed by atoms with Gasteiger partial charge in [-0.15, -0.1) is 0 Å². The van der Waals surface area contributed by atoms with E-state index in [0.29, 0.717) is 25.1 Å². The van der Waals surface area contributed by atoms with Gasteiger partial charge in [-0.3, -0.25) is 0 Å². The van der Waals surface area contributed by atoms with Gasteiger partial charge in [0.2, 0.25) is 11.2 Å². The van der Waals surface area contributed by atoms with E-state index in [2.05, 4.69) is 20.1 Å². The molecule has 1 saturated heterocycles. The zero-order valence-corrected chi connectivity index (χ0v) is 13.6. The highest BCUT2D eigenvalue weighted by Gasteiger charge is 2.17. The molecule has 0 radical (unpaired) electrons. The van der Waals surface area contributed by atoms with Crippen molar-refractivity contribution in [3.05, 3.63) is 47.9 Å². The van der Waals surface area contributed by atoms with Crippen LogP contribution in [0.2, 0.25) is 5.28 Å². The molecular weight excluding hydrogens is 328 g/mol. The first-order valence-electron chi connectivity index (χ1n) is 7.65. The second kappa shape index (κ2) is 6.54. The zero-order valence-electron chi connectivity index (χ0n) is 12.8. The molecule has 0 atom stereocenters. The van der Waals surface area contributed by atoms with E-state index >= 15 is 0 Å². The number of aromatic nitrogens is 5. The molecule has 7 nitrogen and oxygen atoms in total. The van der Waals surface area contributed by atoms with Crippen molar-refractivity contribution in [1.29, 1.82) is 0 Å². The van der Waals surface area contributed by atoms with Crippen molar-refractivity contribution in [3.8, 4) is 17.2 Å². The van der Waals surface area contributed by atoms with Crippen molar-refractivity contribution in [2.75, 3.05) is 31.2 Å². The molecule has 3 heterocycles. The summed E-state index contributed by atoms with van der Waals surface area (Å²) in [5.41, 5.74) is 1.88. The molecule has 8 heteroatoms.